The Kier molecular flexibility index (Phi) is 5.43. The van der Waals surface area contributed by atoms with Gasteiger partial charge in [-0.25, -0.2) is 4.79 Å². The van der Waals surface area contributed by atoms with Crippen LogP contribution in [0.1, 0.15) is 32.3 Å². The van der Waals surface area contributed by atoms with E-state index in [1.807, 2.05) is 31.2 Å². The van der Waals surface area contributed by atoms with Gasteiger partial charge < -0.3 is 15.0 Å². The smallest absolute Gasteiger partial charge is 0.324 e. The number of amides is 4. The molecule has 2 aliphatic heterocycles. The SMILES string of the molecule is C[C@@H](OC(=O)CCCN1C(=O)CNC1=O)C(=O)N1c2ccccc2C[C@@H]1C. The largest absolute Gasteiger partial charge is 0.453 e. The predicted octanol–water partition coefficient (Wildman–Crippen LogP) is 1.23. The lowest BCUT2D eigenvalue weighted by atomic mass is 10.1. The Morgan fingerprint density at radius 3 is 2.74 bits per heavy atom. The Bertz CT molecular complexity index is 762. The van der Waals surface area contributed by atoms with Crippen LogP contribution in [0.5, 0.6) is 0 Å². The standard InChI is InChI=1S/C19H23N3O5/c1-12-10-14-6-3-4-7-15(14)22(12)18(25)13(2)27-17(24)8-5-9-21-16(23)11-20-19(21)26/h3-4,6-7,12-13H,5,8-11H2,1-2H3,(H,20,26)/t12-,13+/m0/s1. The van der Waals surface area contributed by atoms with Gasteiger partial charge in [-0.15, -0.1) is 0 Å². The number of fused-ring (bicyclic) bond motifs is 1. The summed E-state index contributed by atoms with van der Waals surface area (Å²) < 4.78 is 5.27. The van der Waals surface area contributed by atoms with Crippen LogP contribution >= 0.6 is 0 Å². The maximum absolute atomic E-state index is 12.8. The molecule has 0 saturated carbocycles. The normalized spacial score (nSPS) is 19.7. The van der Waals surface area contributed by atoms with Gasteiger partial charge in [-0.3, -0.25) is 19.3 Å². The first-order valence-corrected chi connectivity index (χ1v) is 9.07. The zero-order valence-electron chi connectivity index (χ0n) is 15.4. The molecule has 1 aromatic rings. The molecule has 0 bridgehead atoms. The number of carbonyl (C=O) groups is 4. The number of carbonyl (C=O) groups excluding carboxylic acids is 4. The summed E-state index contributed by atoms with van der Waals surface area (Å²) in [4.78, 5) is 50.5. The zero-order valence-corrected chi connectivity index (χ0v) is 15.4. The van der Waals surface area contributed by atoms with Gasteiger partial charge in [-0.1, -0.05) is 18.2 Å². The number of nitrogens with zero attached hydrogens (tertiary/aromatic N) is 2. The first-order chi connectivity index (χ1) is 12.9. The molecule has 1 saturated heterocycles. The lowest BCUT2D eigenvalue weighted by molar-refractivity contribution is -0.154. The third kappa shape index (κ3) is 3.94. The van der Waals surface area contributed by atoms with Gasteiger partial charge in [0.25, 0.3) is 5.91 Å². The van der Waals surface area contributed by atoms with E-state index in [4.69, 9.17) is 4.74 Å². The molecule has 3 rings (SSSR count). The zero-order chi connectivity index (χ0) is 19.6. The van der Waals surface area contributed by atoms with Gasteiger partial charge in [0.05, 0.1) is 6.54 Å². The highest BCUT2D eigenvalue weighted by Crippen LogP contribution is 2.32. The first-order valence-electron chi connectivity index (χ1n) is 9.07. The third-order valence-corrected chi connectivity index (χ3v) is 4.80. The summed E-state index contributed by atoms with van der Waals surface area (Å²) in [6.45, 7) is 3.67. The number of urea groups is 1. The number of benzene rings is 1. The average molecular weight is 373 g/mol. The van der Waals surface area contributed by atoms with Crippen LogP contribution in [0.3, 0.4) is 0 Å². The number of anilines is 1. The molecule has 0 radical (unpaired) electrons. The molecule has 2 aliphatic rings. The Morgan fingerprint density at radius 1 is 1.30 bits per heavy atom. The summed E-state index contributed by atoms with van der Waals surface area (Å²) >= 11 is 0. The van der Waals surface area contributed by atoms with E-state index in [9.17, 15) is 19.2 Å². The second kappa shape index (κ2) is 7.77. The first kappa shape index (κ1) is 18.9. The minimum Gasteiger partial charge on any atom is -0.453 e. The maximum Gasteiger partial charge on any atom is 0.324 e. The fourth-order valence-corrected chi connectivity index (χ4v) is 3.47. The summed E-state index contributed by atoms with van der Waals surface area (Å²) in [6.07, 6.45) is 0.194. The van der Waals surface area contributed by atoms with Gasteiger partial charge in [-0.05, 0) is 38.3 Å². The summed E-state index contributed by atoms with van der Waals surface area (Å²) in [5.74, 6) is -1.09. The molecule has 1 N–H and O–H groups in total. The number of imide groups is 1. The van der Waals surface area contributed by atoms with Gasteiger partial charge in [0.15, 0.2) is 6.10 Å². The van der Waals surface area contributed by atoms with Crippen molar-refractivity contribution in [2.45, 2.75) is 45.3 Å². The van der Waals surface area contributed by atoms with Gasteiger partial charge in [0, 0.05) is 24.7 Å². The highest BCUT2D eigenvalue weighted by molar-refractivity contribution is 6.02. The van der Waals surface area contributed by atoms with Crippen molar-refractivity contribution in [2.75, 3.05) is 18.0 Å². The van der Waals surface area contributed by atoms with Crippen molar-refractivity contribution in [3.63, 3.8) is 0 Å². The van der Waals surface area contributed by atoms with Crippen molar-refractivity contribution in [1.29, 1.82) is 0 Å². The van der Waals surface area contributed by atoms with Crippen LogP contribution < -0.4 is 10.2 Å². The average Bonchev–Trinajstić information content (AvgIpc) is 3.13. The summed E-state index contributed by atoms with van der Waals surface area (Å²) in [5.41, 5.74) is 1.96. The Balaban J connectivity index is 1.50. The fourth-order valence-electron chi connectivity index (χ4n) is 3.47. The van der Waals surface area contributed by atoms with Crippen LogP contribution in [0.2, 0.25) is 0 Å². The molecule has 0 unspecified atom stereocenters. The van der Waals surface area contributed by atoms with Crippen LogP contribution in [0, 0.1) is 0 Å². The van der Waals surface area contributed by atoms with E-state index in [1.165, 1.54) is 0 Å². The molecule has 0 aliphatic carbocycles. The second-order valence-electron chi connectivity index (χ2n) is 6.83. The van der Waals surface area contributed by atoms with E-state index < -0.39 is 18.1 Å². The number of rotatable bonds is 6. The van der Waals surface area contributed by atoms with Crippen molar-refractivity contribution in [2.24, 2.45) is 0 Å². The van der Waals surface area contributed by atoms with E-state index in [-0.39, 0.29) is 37.4 Å². The number of esters is 1. The minimum absolute atomic E-state index is 0.00961. The molecule has 1 aromatic carbocycles. The van der Waals surface area contributed by atoms with E-state index in [0.29, 0.717) is 6.42 Å². The Hall–Kier alpha value is -2.90. The molecular formula is C19H23N3O5. The molecule has 8 nitrogen and oxygen atoms in total. The van der Waals surface area contributed by atoms with Crippen molar-refractivity contribution >= 4 is 29.5 Å². The van der Waals surface area contributed by atoms with Crippen LogP contribution in [0.25, 0.3) is 0 Å². The van der Waals surface area contributed by atoms with Crippen molar-refractivity contribution < 1.29 is 23.9 Å². The molecule has 2 atom stereocenters. The highest BCUT2D eigenvalue weighted by atomic mass is 16.5. The van der Waals surface area contributed by atoms with Crippen LogP contribution in [0.15, 0.2) is 24.3 Å². The molecular weight excluding hydrogens is 350 g/mol. The van der Waals surface area contributed by atoms with Gasteiger partial charge >= 0.3 is 12.0 Å². The number of hydrogen-bond donors (Lipinski definition) is 1. The Morgan fingerprint density at radius 2 is 2.04 bits per heavy atom. The van der Waals surface area contributed by atoms with Crippen molar-refractivity contribution in [3.05, 3.63) is 29.8 Å². The van der Waals surface area contributed by atoms with E-state index in [2.05, 4.69) is 5.32 Å². The summed E-state index contributed by atoms with van der Waals surface area (Å²) in [7, 11) is 0. The van der Waals surface area contributed by atoms with Crippen molar-refractivity contribution in [3.8, 4) is 0 Å². The summed E-state index contributed by atoms with van der Waals surface area (Å²) in [6, 6.07) is 7.27. The number of ether oxygens (including phenoxy) is 1. The number of hydrogen-bond acceptors (Lipinski definition) is 5. The molecule has 27 heavy (non-hydrogen) atoms. The van der Waals surface area contributed by atoms with E-state index in [0.717, 1.165) is 22.6 Å². The van der Waals surface area contributed by atoms with E-state index in [1.54, 1.807) is 11.8 Å². The summed E-state index contributed by atoms with van der Waals surface area (Å²) in [5, 5.41) is 2.42. The lowest BCUT2D eigenvalue weighted by Crippen LogP contribution is -2.43. The maximum atomic E-state index is 12.8. The minimum atomic E-state index is -0.900. The third-order valence-electron chi connectivity index (χ3n) is 4.80. The number of para-hydroxylation sites is 1. The Labute approximate surface area is 157 Å². The fraction of sp³-hybridized carbons (Fsp3) is 0.474. The monoisotopic (exact) mass is 373 g/mol. The van der Waals surface area contributed by atoms with Crippen molar-refractivity contribution in [1.82, 2.24) is 10.2 Å². The lowest BCUT2D eigenvalue weighted by Gasteiger charge is -2.26. The van der Waals surface area contributed by atoms with E-state index >= 15 is 0 Å². The molecule has 2 heterocycles. The highest BCUT2D eigenvalue weighted by Gasteiger charge is 2.34. The van der Waals surface area contributed by atoms with Crippen LogP contribution in [-0.2, 0) is 25.5 Å². The molecule has 0 spiro atoms. The second-order valence-corrected chi connectivity index (χ2v) is 6.83. The quantitative estimate of drug-likeness (QED) is 0.598. The van der Waals surface area contributed by atoms with Gasteiger partial charge in [-0.2, -0.15) is 0 Å². The van der Waals surface area contributed by atoms with Crippen LogP contribution in [-0.4, -0.2) is 54.0 Å². The molecule has 144 valence electrons. The number of nitrogens with one attached hydrogen (secondary N) is 1. The molecule has 0 aromatic heterocycles. The molecule has 4 amide bonds. The predicted molar refractivity (Wildman–Crippen MR) is 97.0 cm³/mol. The van der Waals surface area contributed by atoms with Crippen LogP contribution in [0.4, 0.5) is 10.5 Å². The van der Waals surface area contributed by atoms with Gasteiger partial charge in [0.1, 0.15) is 0 Å². The van der Waals surface area contributed by atoms with Gasteiger partial charge in [0.2, 0.25) is 5.91 Å². The topological polar surface area (TPSA) is 96.0 Å². The molecule has 1 fully saturated rings. The molecule has 8 heteroatoms.